The smallest absolute Gasteiger partial charge is 0.235 e. The molecule has 0 bridgehead atoms. The Morgan fingerprint density at radius 1 is 1.03 bits per heavy atom. The molecule has 3 aromatic rings. The third-order valence-electron chi connectivity index (χ3n) is 6.38. The number of hydrogen-bond acceptors (Lipinski definition) is 5. The van der Waals surface area contributed by atoms with E-state index in [9.17, 15) is 5.26 Å². The van der Waals surface area contributed by atoms with Crippen LogP contribution in [0.2, 0.25) is 0 Å². The first-order valence-corrected chi connectivity index (χ1v) is 11.1. The van der Waals surface area contributed by atoms with E-state index >= 15 is 0 Å². The number of methoxy groups -OCH3 is 1. The number of nitrogens with zero attached hydrogens (tertiary/aromatic N) is 4. The van der Waals surface area contributed by atoms with Gasteiger partial charge < -0.3 is 19.3 Å². The Labute approximate surface area is 194 Å². The second-order valence-corrected chi connectivity index (χ2v) is 8.43. The average Bonchev–Trinajstić information content (AvgIpc) is 2.87. The largest absolute Gasteiger partial charge is 0.497 e. The highest BCUT2D eigenvalue weighted by Gasteiger charge is 2.32. The van der Waals surface area contributed by atoms with Gasteiger partial charge in [-0.25, -0.2) is 4.99 Å². The molecule has 1 unspecified atom stereocenters. The van der Waals surface area contributed by atoms with Crippen molar-refractivity contribution in [3.8, 4) is 17.6 Å². The number of fused-ring (bicyclic) bond motifs is 3. The van der Waals surface area contributed by atoms with Crippen molar-refractivity contribution < 1.29 is 9.47 Å². The van der Waals surface area contributed by atoms with Gasteiger partial charge in [0.1, 0.15) is 23.1 Å². The minimum atomic E-state index is -0.270. The normalized spacial score (nSPS) is 18.8. The topological polar surface area (TPSA) is 61.1 Å². The van der Waals surface area contributed by atoms with Gasteiger partial charge in [-0.15, -0.1) is 0 Å². The first-order chi connectivity index (χ1) is 16.2. The molecule has 6 heteroatoms. The molecule has 2 aliphatic rings. The first-order valence-electron chi connectivity index (χ1n) is 11.1. The summed E-state index contributed by atoms with van der Waals surface area (Å²) in [7, 11) is 3.77. The maximum Gasteiger partial charge on any atom is 0.235 e. The summed E-state index contributed by atoms with van der Waals surface area (Å²) in [5.41, 5.74) is 2.47. The van der Waals surface area contributed by atoms with Crippen molar-refractivity contribution in [3.63, 3.8) is 0 Å². The van der Waals surface area contributed by atoms with E-state index < -0.39 is 0 Å². The molecule has 0 saturated carbocycles. The lowest BCUT2D eigenvalue weighted by Crippen LogP contribution is -2.43. The first kappa shape index (κ1) is 21.0. The van der Waals surface area contributed by atoms with E-state index in [1.165, 1.54) is 0 Å². The molecule has 0 amide bonds. The van der Waals surface area contributed by atoms with Crippen molar-refractivity contribution >= 4 is 17.1 Å². The van der Waals surface area contributed by atoms with Gasteiger partial charge in [-0.2, -0.15) is 5.26 Å². The van der Waals surface area contributed by atoms with Gasteiger partial charge in [0, 0.05) is 37.1 Å². The summed E-state index contributed by atoms with van der Waals surface area (Å²) < 4.78 is 11.7. The molecule has 2 heterocycles. The second-order valence-electron chi connectivity index (χ2n) is 8.43. The summed E-state index contributed by atoms with van der Waals surface area (Å²) in [5.74, 6) is 1.63. The maximum atomic E-state index is 10.2. The molecule has 33 heavy (non-hydrogen) atoms. The Bertz CT molecular complexity index is 1270. The molecule has 1 fully saturated rings. The van der Waals surface area contributed by atoms with Crippen LogP contribution in [-0.4, -0.2) is 56.5 Å². The van der Waals surface area contributed by atoms with E-state index in [1.54, 1.807) is 7.11 Å². The molecular formula is C27H26N4O2. The molecule has 1 atom stereocenters. The predicted octanol–water partition coefficient (Wildman–Crippen LogP) is 4.38. The molecule has 0 radical (unpaired) electrons. The summed E-state index contributed by atoms with van der Waals surface area (Å²) in [5, 5.41) is 12.3. The fourth-order valence-electron chi connectivity index (χ4n) is 4.45. The van der Waals surface area contributed by atoms with Crippen LogP contribution in [0.5, 0.6) is 11.5 Å². The van der Waals surface area contributed by atoms with E-state index in [2.05, 4.69) is 47.2 Å². The zero-order valence-electron chi connectivity index (χ0n) is 18.9. The molecular weight excluding hydrogens is 412 g/mol. The van der Waals surface area contributed by atoms with Crippen LogP contribution in [0.1, 0.15) is 17.0 Å². The Kier molecular flexibility index (Phi) is 5.72. The molecule has 0 aromatic heterocycles. The van der Waals surface area contributed by atoms with E-state index in [0.29, 0.717) is 11.5 Å². The van der Waals surface area contributed by atoms with Crippen LogP contribution in [0.15, 0.2) is 77.1 Å². The van der Waals surface area contributed by atoms with Gasteiger partial charge in [0.05, 0.1) is 19.4 Å². The molecule has 6 nitrogen and oxygen atoms in total. The fourth-order valence-corrected chi connectivity index (χ4v) is 4.45. The lowest BCUT2D eigenvalue weighted by molar-refractivity contribution is 0.219. The number of nitriles is 1. The average molecular weight is 439 g/mol. The van der Waals surface area contributed by atoms with Crippen LogP contribution >= 0.6 is 0 Å². The van der Waals surface area contributed by atoms with Crippen molar-refractivity contribution in [3.05, 3.63) is 83.2 Å². The van der Waals surface area contributed by atoms with Crippen molar-refractivity contribution in [2.24, 2.45) is 4.99 Å². The van der Waals surface area contributed by atoms with Crippen LogP contribution in [0.4, 0.5) is 0 Å². The molecule has 166 valence electrons. The lowest BCUT2D eigenvalue weighted by atomic mass is 9.82. The van der Waals surface area contributed by atoms with Gasteiger partial charge >= 0.3 is 0 Å². The minimum absolute atomic E-state index is 0.270. The molecule has 0 spiro atoms. The number of benzene rings is 3. The number of rotatable bonds is 4. The predicted molar refractivity (Wildman–Crippen MR) is 130 cm³/mol. The van der Waals surface area contributed by atoms with E-state index in [4.69, 9.17) is 14.5 Å². The van der Waals surface area contributed by atoms with Gasteiger partial charge in [0.25, 0.3) is 0 Å². The van der Waals surface area contributed by atoms with E-state index in [-0.39, 0.29) is 5.92 Å². The highest BCUT2D eigenvalue weighted by Crippen LogP contribution is 2.46. The molecule has 1 saturated heterocycles. The zero-order valence-corrected chi connectivity index (χ0v) is 18.9. The number of aliphatic imine (C=N–C) groups is 1. The van der Waals surface area contributed by atoms with Crippen LogP contribution in [0.25, 0.3) is 10.8 Å². The maximum absolute atomic E-state index is 10.2. The van der Waals surface area contributed by atoms with Crippen molar-refractivity contribution in [1.29, 1.82) is 5.26 Å². The second kappa shape index (κ2) is 8.97. The summed E-state index contributed by atoms with van der Waals surface area (Å²) in [6, 6.07) is 22.5. The van der Waals surface area contributed by atoms with Crippen molar-refractivity contribution in [1.82, 2.24) is 9.80 Å². The zero-order chi connectivity index (χ0) is 22.8. The monoisotopic (exact) mass is 438 g/mol. The van der Waals surface area contributed by atoms with Crippen LogP contribution in [-0.2, 0) is 0 Å². The lowest BCUT2D eigenvalue weighted by Gasteiger charge is -2.31. The fraction of sp³-hybridized carbons (Fsp3) is 0.259. The molecule has 5 rings (SSSR count). The Balaban J connectivity index is 1.62. The van der Waals surface area contributed by atoms with Gasteiger partial charge in [-0.05, 0) is 30.1 Å². The van der Waals surface area contributed by atoms with Gasteiger partial charge in [0.2, 0.25) is 5.88 Å². The van der Waals surface area contributed by atoms with Gasteiger partial charge in [-0.1, -0.05) is 48.5 Å². The number of hydrogen-bond donors (Lipinski definition) is 0. The Hall–Kier alpha value is -3.82. The van der Waals surface area contributed by atoms with Crippen LogP contribution in [0.3, 0.4) is 0 Å². The molecule has 3 aromatic carbocycles. The highest BCUT2D eigenvalue weighted by molar-refractivity contribution is 5.91. The summed E-state index contributed by atoms with van der Waals surface area (Å²) >= 11 is 0. The summed E-state index contributed by atoms with van der Waals surface area (Å²) in [6.45, 7) is 3.77. The number of allylic oxidation sites excluding steroid dienone is 1. The molecule has 0 N–H and O–H groups in total. The van der Waals surface area contributed by atoms with Crippen LogP contribution < -0.4 is 9.47 Å². The molecule has 2 aliphatic heterocycles. The SMILES string of the molecule is COc1ccc(C2C(C#N)=C(N=CN3CCN(C)CC3)Oc3c2ccc2ccccc32)cc1. The summed E-state index contributed by atoms with van der Waals surface area (Å²) in [4.78, 5) is 9.16. The third kappa shape index (κ3) is 4.04. The van der Waals surface area contributed by atoms with E-state index in [0.717, 1.165) is 59.6 Å². The van der Waals surface area contributed by atoms with Crippen molar-refractivity contribution in [2.45, 2.75) is 5.92 Å². The van der Waals surface area contributed by atoms with E-state index in [1.807, 2.05) is 42.7 Å². The quantitative estimate of drug-likeness (QED) is 0.447. The Morgan fingerprint density at radius 2 is 1.79 bits per heavy atom. The molecule has 0 aliphatic carbocycles. The van der Waals surface area contributed by atoms with Gasteiger partial charge in [-0.3, -0.25) is 0 Å². The van der Waals surface area contributed by atoms with Crippen molar-refractivity contribution in [2.75, 3.05) is 40.3 Å². The standard InChI is InChI=1S/C27H26N4O2/c1-30-13-15-31(16-14-30)18-29-27-24(17-28)25(20-7-10-21(32-2)11-8-20)23-12-9-19-5-3-4-6-22(19)26(23)33-27/h3-12,18,25H,13-16H2,1-2H3. The third-order valence-corrected chi connectivity index (χ3v) is 6.38. The van der Waals surface area contributed by atoms with Gasteiger partial charge in [0.15, 0.2) is 0 Å². The summed E-state index contributed by atoms with van der Waals surface area (Å²) in [6.07, 6.45) is 1.82. The van der Waals surface area contributed by atoms with Crippen LogP contribution in [0, 0.1) is 11.3 Å². The highest BCUT2D eigenvalue weighted by atomic mass is 16.5. The number of piperazine rings is 1. The minimum Gasteiger partial charge on any atom is -0.497 e. The number of likely N-dealkylation sites (N-methyl/N-ethyl adjacent to an activating group) is 1. The number of ether oxygens (including phenoxy) is 2. The Morgan fingerprint density at radius 3 is 2.52 bits per heavy atom.